The lowest BCUT2D eigenvalue weighted by Crippen LogP contribution is -2.32. The van der Waals surface area contributed by atoms with Gasteiger partial charge in [0.05, 0.1) is 17.6 Å². The number of carbonyl (C=O) groups is 1. The van der Waals surface area contributed by atoms with Crippen molar-refractivity contribution in [3.8, 4) is 6.07 Å². The molecule has 0 bridgehead atoms. The van der Waals surface area contributed by atoms with Gasteiger partial charge in [0, 0.05) is 19.3 Å². The van der Waals surface area contributed by atoms with Gasteiger partial charge in [-0.15, -0.1) is 0 Å². The first-order chi connectivity index (χ1) is 7.54. The average Bonchev–Trinajstić information content (AvgIpc) is 2.28. The molecule has 1 amide bonds. The monoisotopic (exact) mass is 217 g/mol. The first-order valence-corrected chi connectivity index (χ1v) is 5.05. The van der Waals surface area contributed by atoms with E-state index >= 15 is 0 Å². The van der Waals surface area contributed by atoms with E-state index < -0.39 is 0 Å². The highest BCUT2D eigenvalue weighted by Crippen LogP contribution is 2.14. The predicted molar refractivity (Wildman–Crippen MR) is 62.8 cm³/mol. The molecule has 16 heavy (non-hydrogen) atoms. The molecule has 0 heterocycles. The number of carbonyl (C=O) groups excluding carboxylic acids is 1. The van der Waals surface area contributed by atoms with Crippen molar-refractivity contribution < 1.29 is 4.79 Å². The third-order valence-corrected chi connectivity index (χ3v) is 2.47. The summed E-state index contributed by atoms with van der Waals surface area (Å²) in [6.45, 7) is 2.36. The topological polar surface area (TPSA) is 70.1 Å². The molecule has 1 unspecified atom stereocenters. The highest BCUT2D eigenvalue weighted by Gasteiger charge is 2.11. The Morgan fingerprint density at radius 1 is 1.50 bits per heavy atom. The Kier molecular flexibility index (Phi) is 3.90. The molecule has 0 radical (unpaired) electrons. The summed E-state index contributed by atoms with van der Waals surface area (Å²) >= 11 is 0. The van der Waals surface area contributed by atoms with Crippen LogP contribution in [0.3, 0.4) is 0 Å². The summed E-state index contributed by atoms with van der Waals surface area (Å²) in [5.41, 5.74) is 6.79. The summed E-state index contributed by atoms with van der Waals surface area (Å²) in [7, 11) is 1.89. The molecule has 84 valence electrons. The van der Waals surface area contributed by atoms with Crippen molar-refractivity contribution in [3.05, 3.63) is 29.8 Å². The standard InChI is InChI=1S/C12H15N3O/c1-9(12(14)16)8-15(2)11-5-3-10(7-13)4-6-11/h3-6,9H,8H2,1-2H3,(H2,14,16). The fourth-order valence-electron chi connectivity index (χ4n) is 1.40. The van der Waals surface area contributed by atoms with Crippen LogP contribution in [0, 0.1) is 17.2 Å². The predicted octanol–water partition coefficient (Wildman–Crippen LogP) is 1.12. The number of nitriles is 1. The third kappa shape index (κ3) is 2.99. The minimum Gasteiger partial charge on any atom is -0.374 e. The van der Waals surface area contributed by atoms with Crippen molar-refractivity contribution in [2.45, 2.75) is 6.92 Å². The normalized spacial score (nSPS) is 11.6. The number of primary amides is 1. The van der Waals surface area contributed by atoms with Crippen LogP contribution in [0.4, 0.5) is 5.69 Å². The number of hydrogen-bond acceptors (Lipinski definition) is 3. The van der Waals surface area contributed by atoms with E-state index in [1.54, 1.807) is 19.1 Å². The smallest absolute Gasteiger partial charge is 0.222 e. The molecule has 0 spiro atoms. The van der Waals surface area contributed by atoms with E-state index in [4.69, 9.17) is 11.0 Å². The quantitative estimate of drug-likeness (QED) is 0.821. The lowest BCUT2D eigenvalue weighted by Gasteiger charge is -2.21. The second-order valence-corrected chi connectivity index (χ2v) is 3.84. The van der Waals surface area contributed by atoms with Crippen molar-refractivity contribution >= 4 is 11.6 Å². The number of rotatable bonds is 4. The lowest BCUT2D eigenvalue weighted by atomic mass is 10.1. The number of hydrogen-bond donors (Lipinski definition) is 1. The highest BCUT2D eigenvalue weighted by molar-refractivity contribution is 5.77. The molecule has 0 aliphatic heterocycles. The van der Waals surface area contributed by atoms with Crippen molar-refractivity contribution in [2.24, 2.45) is 11.7 Å². The maximum atomic E-state index is 10.9. The van der Waals surface area contributed by atoms with Crippen molar-refractivity contribution in [3.63, 3.8) is 0 Å². The zero-order valence-electron chi connectivity index (χ0n) is 9.47. The second kappa shape index (κ2) is 5.17. The Hall–Kier alpha value is -2.02. The molecule has 1 aromatic rings. The Morgan fingerprint density at radius 3 is 2.50 bits per heavy atom. The number of nitrogens with zero attached hydrogens (tertiary/aromatic N) is 2. The van der Waals surface area contributed by atoms with Gasteiger partial charge in [0.1, 0.15) is 0 Å². The van der Waals surface area contributed by atoms with Gasteiger partial charge < -0.3 is 10.6 Å². The van der Waals surface area contributed by atoms with Gasteiger partial charge in [0.2, 0.25) is 5.91 Å². The Morgan fingerprint density at radius 2 is 2.06 bits per heavy atom. The van der Waals surface area contributed by atoms with E-state index in [2.05, 4.69) is 6.07 Å². The molecule has 0 saturated carbocycles. The zero-order valence-corrected chi connectivity index (χ0v) is 9.47. The van der Waals surface area contributed by atoms with Gasteiger partial charge >= 0.3 is 0 Å². The van der Waals surface area contributed by atoms with Gasteiger partial charge in [-0.05, 0) is 24.3 Å². The van der Waals surface area contributed by atoms with Crippen LogP contribution in [0.2, 0.25) is 0 Å². The van der Waals surface area contributed by atoms with Crippen LogP contribution in [-0.4, -0.2) is 19.5 Å². The molecule has 1 rings (SSSR count). The van der Waals surface area contributed by atoms with Crippen molar-refractivity contribution in [1.82, 2.24) is 0 Å². The summed E-state index contributed by atoms with van der Waals surface area (Å²) in [5.74, 6) is -0.499. The van der Waals surface area contributed by atoms with Crippen LogP contribution < -0.4 is 10.6 Å². The molecule has 0 aliphatic rings. The van der Waals surface area contributed by atoms with Crippen LogP contribution in [0.1, 0.15) is 12.5 Å². The van der Waals surface area contributed by atoms with Gasteiger partial charge in [-0.3, -0.25) is 4.79 Å². The van der Waals surface area contributed by atoms with Gasteiger partial charge in [-0.2, -0.15) is 5.26 Å². The molecule has 1 atom stereocenters. The first kappa shape index (κ1) is 12.1. The van der Waals surface area contributed by atoms with E-state index in [0.717, 1.165) is 5.69 Å². The van der Waals surface area contributed by atoms with E-state index in [1.165, 1.54) is 0 Å². The highest BCUT2D eigenvalue weighted by atomic mass is 16.1. The fourth-order valence-corrected chi connectivity index (χ4v) is 1.40. The number of anilines is 1. The molecule has 0 aromatic heterocycles. The van der Waals surface area contributed by atoms with Gasteiger partial charge in [0.25, 0.3) is 0 Å². The van der Waals surface area contributed by atoms with E-state index in [0.29, 0.717) is 12.1 Å². The Labute approximate surface area is 95.3 Å². The van der Waals surface area contributed by atoms with Crippen LogP contribution in [0.5, 0.6) is 0 Å². The lowest BCUT2D eigenvalue weighted by molar-refractivity contribution is -0.121. The Balaban J connectivity index is 2.70. The number of nitrogens with two attached hydrogens (primary N) is 1. The number of amides is 1. The number of benzene rings is 1. The molecule has 0 fully saturated rings. The zero-order chi connectivity index (χ0) is 12.1. The maximum absolute atomic E-state index is 10.9. The molecule has 2 N–H and O–H groups in total. The second-order valence-electron chi connectivity index (χ2n) is 3.84. The van der Waals surface area contributed by atoms with Crippen LogP contribution in [-0.2, 0) is 4.79 Å². The summed E-state index contributed by atoms with van der Waals surface area (Å²) in [5, 5.41) is 8.66. The fraction of sp³-hybridized carbons (Fsp3) is 0.333. The maximum Gasteiger partial charge on any atom is 0.222 e. The first-order valence-electron chi connectivity index (χ1n) is 5.05. The molecular weight excluding hydrogens is 202 g/mol. The van der Waals surface area contributed by atoms with E-state index in [1.807, 2.05) is 24.1 Å². The Bertz CT molecular complexity index is 405. The van der Waals surface area contributed by atoms with Gasteiger partial charge in [-0.25, -0.2) is 0 Å². The average molecular weight is 217 g/mol. The van der Waals surface area contributed by atoms with Crippen LogP contribution >= 0.6 is 0 Å². The largest absolute Gasteiger partial charge is 0.374 e. The SMILES string of the molecule is CC(CN(C)c1ccc(C#N)cc1)C(N)=O. The van der Waals surface area contributed by atoms with Gasteiger partial charge in [-0.1, -0.05) is 6.92 Å². The van der Waals surface area contributed by atoms with E-state index in [-0.39, 0.29) is 11.8 Å². The van der Waals surface area contributed by atoms with Crippen LogP contribution in [0.15, 0.2) is 24.3 Å². The minimum atomic E-state index is -0.305. The van der Waals surface area contributed by atoms with E-state index in [9.17, 15) is 4.79 Å². The molecule has 0 saturated heterocycles. The van der Waals surface area contributed by atoms with Crippen molar-refractivity contribution in [1.29, 1.82) is 5.26 Å². The van der Waals surface area contributed by atoms with Gasteiger partial charge in [0.15, 0.2) is 0 Å². The summed E-state index contributed by atoms with van der Waals surface area (Å²) in [4.78, 5) is 12.9. The van der Waals surface area contributed by atoms with Crippen LogP contribution in [0.25, 0.3) is 0 Å². The minimum absolute atomic E-state index is 0.194. The molecule has 4 nitrogen and oxygen atoms in total. The molecular formula is C12H15N3O. The summed E-state index contributed by atoms with van der Waals surface area (Å²) in [6, 6.07) is 9.27. The molecule has 4 heteroatoms. The summed E-state index contributed by atoms with van der Waals surface area (Å²) in [6.07, 6.45) is 0. The molecule has 1 aromatic carbocycles. The van der Waals surface area contributed by atoms with Crippen molar-refractivity contribution in [2.75, 3.05) is 18.5 Å². The molecule has 0 aliphatic carbocycles. The third-order valence-electron chi connectivity index (χ3n) is 2.47. The summed E-state index contributed by atoms with van der Waals surface area (Å²) < 4.78 is 0.